The Morgan fingerprint density at radius 2 is 1.74 bits per heavy atom. The maximum absolute atomic E-state index is 2.38. The van der Waals surface area contributed by atoms with E-state index in [9.17, 15) is 0 Å². The third-order valence-electron chi connectivity index (χ3n) is 4.73. The molecular weight excluding hydrogens is 227 g/mol. The fourth-order valence-electron chi connectivity index (χ4n) is 3.80. The second-order valence-corrected chi connectivity index (χ2v) is 5.99. The fraction of sp³-hybridized carbons (Fsp3) is 0.444. The van der Waals surface area contributed by atoms with E-state index >= 15 is 0 Å². The van der Waals surface area contributed by atoms with E-state index in [0.717, 1.165) is 5.82 Å². The van der Waals surface area contributed by atoms with Crippen molar-refractivity contribution in [2.24, 2.45) is 0 Å². The Labute approximate surface area is 117 Å². The first-order valence-corrected chi connectivity index (χ1v) is 7.86. The molecule has 0 aromatic heterocycles. The van der Waals surface area contributed by atoms with Crippen molar-refractivity contribution in [2.45, 2.75) is 50.8 Å². The predicted molar refractivity (Wildman–Crippen MR) is 85.1 cm³/mol. The van der Waals surface area contributed by atoms with E-state index in [1.54, 1.807) is 5.47 Å². The summed E-state index contributed by atoms with van der Waals surface area (Å²) in [5.41, 5.74) is 3.21. The number of benzene rings is 1. The molecule has 0 spiro atoms. The molecule has 2 aliphatic rings. The van der Waals surface area contributed by atoms with Crippen LogP contribution < -0.4 is 5.46 Å². The molecule has 19 heavy (non-hydrogen) atoms. The SMILES string of the molecule is C1=CCCC(B(c2ccccc2)C2CCCCC2)=C1. The first kappa shape index (κ1) is 12.8. The molecule has 1 heteroatoms. The summed E-state index contributed by atoms with van der Waals surface area (Å²) in [6, 6.07) is 11.2. The number of hydrogen-bond acceptors (Lipinski definition) is 0. The van der Waals surface area contributed by atoms with E-state index in [1.165, 1.54) is 50.4 Å². The van der Waals surface area contributed by atoms with Crippen LogP contribution in [0.3, 0.4) is 0 Å². The molecule has 0 atom stereocenters. The van der Waals surface area contributed by atoms with Gasteiger partial charge < -0.3 is 0 Å². The summed E-state index contributed by atoms with van der Waals surface area (Å²) >= 11 is 0. The highest BCUT2D eigenvalue weighted by atomic mass is 14.2. The van der Waals surface area contributed by atoms with Crippen molar-refractivity contribution in [3.63, 3.8) is 0 Å². The molecule has 1 saturated carbocycles. The predicted octanol–water partition coefficient (Wildman–Crippen LogP) is 4.54. The largest absolute Gasteiger partial charge is 0.207 e. The molecule has 0 unspecified atom stereocenters. The highest BCUT2D eigenvalue weighted by molar-refractivity contribution is 6.81. The summed E-state index contributed by atoms with van der Waals surface area (Å²) in [5, 5.41) is 0. The standard InChI is InChI=1S/C18H23B/c1-4-10-16(11-5-1)19(17-12-6-2-7-13-17)18-14-8-3-9-15-18/h1-2,4-6,10-12,18H,3,7-9,13-15H2. The van der Waals surface area contributed by atoms with E-state index < -0.39 is 0 Å². The normalized spacial score (nSPS) is 20.1. The van der Waals surface area contributed by atoms with Crippen LogP contribution in [0.25, 0.3) is 0 Å². The van der Waals surface area contributed by atoms with Gasteiger partial charge in [0.15, 0.2) is 0 Å². The number of rotatable bonds is 3. The number of hydrogen-bond donors (Lipinski definition) is 0. The van der Waals surface area contributed by atoms with Crippen LogP contribution >= 0.6 is 0 Å². The van der Waals surface area contributed by atoms with Crippen LogP contribution in [0, 0.1) is 0 Å². The summed E-state index contributed by atoms with van der Waals surface area (Å²) in [6.07, 6.45) is 16.6. The minimum atomic E-state index is 0.673. The van der Waals surface area contributed by atoms with Gasteiger partial charge in [0.1, 0.15) is 0 Å². The molecule has 3 rings (SSSR count). The molecule has 1 aromatic rings. The Morgan fingerprint density at radius 1 is 0.947 bits per heavy atom. The molecule has 2 aliphatic carbocycles. The third kappa shape index (κ3) is 3.02. The van der Waals surface area contributed by atoms with E-state index in [-0.39, 0.29) is 0 Å². The molecule has 1 aromatic carbocycles. The highest BCUT2D eigenvalue weighted by Gasteiger charge is 2.31. The molecular formula is C18H23B. The smallest absolute Gasteiger partial charge is 0.0949 e. The molecule has 0 aliphatic heterocycles. The van der Waals surface area contributed by atoms with E-state index in [1.807, 2.05) is 0 Å². The van der Waals surface area contributed by atoms with Gasteiger partial charge in [-0.25, -0.2) is 0 Å². The van der Waals surface area contributed by atoms with Crippen molar-refractivity contribution in [2.75, 3.05) is 0 Å². The van der Waals surface area contributed by atoms with Crippen LogP contribution in [0.1, 0.15) is 44.9 Å². The monoisotopic (exact) mass is 250 g/mol. The maximum atomic E-state index is 2.38. The topological polar surface area (TPSA) is 0 Å². The van der Waals surface area contributed by atoms with Crippen LogP contribution in [-0.2, 0) is 0 Å². The van der Waals surface area contributed by atoms with Crippen LogP contribution in [0.4, 0.5) is 0 Å². The molecule has 1 fully saturated rings. The summed E-state index contributed by atoms with van der Waals surface area (Å²) in [5.74, 6) is 0.869. The van der Waals surface area contributed by atoms with Gasteiger partial charge in [-0.3, -0.25) is 0 Å². The van der Waals surface area contributed by atoms with Crippen molar-refractivity contribution in [3.05, 3.63) is 54.0 Å². The number of allylic oxidation sites excluding steroid dienone is 4. The van der Waals surface area contributed by atoms with Crippen molar-refractivity contribution in [1.82, 2.24) is 0 Å². The molecule has 0 heterocycles. The third-order valence-corrected chi connectivity index (χ3v) is 4.73. The molecule has 0 radical (unpaired) electrons. The minimum Gasteiger partial charge on any atom is -0.0949 e. The summed E-state index contributed by atoms with van der Waals surface area (Å²) in [4.78, 5) is 0. The quantitative estimate of drug-likeness (QED) is 0.691. The van der Waals surface area contributed by atoms with Crippen LogP contribution in [0.15, 0.2) is 54.0 Å². The second-order valence-electron chi connectivity index (χ2n) is 5.99. The van der Waals surface area contributed by atoms with Crippen LogP contribution in [0.5, 0.6) is 0 Å². The summed E-state index contributed by atoms with van der Waals surface area (Å²) in [6.45, 7) is 0.673. The van der Waals surface area contributed by atoms with Gasteiger partial charge in [-0.05, 0) is 12.8 Å². The van der Waals surface area contributed by atoms with Gasteiger partial charge in [0, 0.05) is 0 Å². The van der Waals surface area contributed by atoms with Gasteiger partial charge in [0.2, 0.25) is 6.71 Å². The first-order chi connectivity index (χ1) is 9.45. The average Bonchev–Trinajstić information content (AvgIpc) is 2.51. The minimum absolute atomic E-state index is 0.673. The average molecular weight is 250 g/mol. The van der Waals surface area contributed by atoms with E-state index in [0.29, 0.717) is 6.71 Å². The molecule has 0 bridgehead atoms. The van der Waals surface area contributed by atoms with Crippen molar-refractivity contribution < 1.29 is 0 Å². The Hall–Kier alpha value is -1.24. The molecule has 0 saturated heterocycles. The summed E-state index contributed by atoms with van der Waals surface area (Å²) in [7, 11) is 0. The Bertz CT molecular complexity index is 452. The van der Waals surface area contributed by atoms with Crippen molar-refractivity contribution in [1.29, 1.82) is 0 Å². The lowest BCUT2D eigenvalue weighted by molar-refractivity contribution is 0.498. The van der Waals surface area contributed by atoms with Crippen molar-refractivity contribution >= 4 is 12.2 Å². The molecule has 0 N–H and O–H groups in total. The second kappa shape index (κ2) is 6.28. The van der Waals surface area contributed by atoms with Crippen LogP contribution in [0.2, 0.25) is 5.82 Å². The fourth-order valence-corrected chi connectivity index (χ4v) is 3.80. The summed E-state index contributed by atoms with van der Waals surface area (Å²) < 4.78 is 0. The molecule has 0 nitrogen and oxygen atoms in total. The molecule has 98 valence electrons. The van der Waals surface area contributed by atoms with Gasteiger partial charge in [0.25, 0.3) is 0 Å². The van der Waals surface area contributed by atoms with Crippen molar-refractivity contribution in [3.8, 4) is 0 Å². The van der Waals surface area contributed by atoms with Gasteiger partial charge >= 0.3 is 0 Å². The lowest BCUT2D eigenvalue weighted by Crippen LogP contribution is -2.38. The van der Waals surface area contributed by atoms with Gasteiger partial charge in [-0.2, -0.15) is 0 Å². The zero-order valence-corrected chi connectivity index (χ0v) is 11.7. The first-order valence-electron chi connectivity index (χ1n) is 7.86. The lowest BCUT2D eigenvalue weighted by Gasteiger charge is -2.30. The zero-order valence-electron chi connectivity index (χ0n) is 11.7. The zero-order chi connectivity index (χ0) is 12.9. The van der Waals surface area contributed by atoms with Crippen LogP contribution in [-0.4, -0.2) is 6.71 Å². The Kier molecular flexibility index (Phi) is 4.22. The van der Waals surface area contributed by atoms with Gasteiger partial charge in [-0.15, -0.1) is 0 Å². The van der Waals surface area contributed by atoms with Gasteiger partial charge in [0.05, 0.1) is 0 Å². The Morgan fingerprint density at radius 3 is 2.42 bits per heavy atom. The maximum Gasteiger partial charge on any atom is 0.207 e. The lowest BCUT2D eigenvalue weighted by atomic mass is 9.30. The molecule has 0 amide bonds. The van der Waals surface area contributed by atoms with Gasteiger partial charge in [-0.1, -0.05) is 97.4 Å². The Balaban J connectivity index is 1.90. The van der Waals surface area contributed by atoms with E-state index in [4.69, 9.17) is 0 Å². The highest BCUT2D eigenvalue weighted by Crippen LogP contribution is 2.35. The van der Waals surface area contributed by atoms with E-state index in [2.05, 4.69) is 48.6 Å².